The van der Waals surface area contributed by atoms with Gasteiger partial charge in [-0.3, -0.25) is 9.69 Å². The molecule has 0 aliphatic carbocycles. The van der Waals surface area contributed by atoms with E-state index in [2.05, 4.69) is 46.4 Å². The Labute approximate surface area is 166 Å². The zero-order valence-electron chi connectivity index (χ0n) is 16.3. The lowest BCUT2D eigenvalue weighted by molar-refractivity contribution is 0.0960. The van der Waals surface area contributed by atoms with Gasteiger partial charge in [-0.15, -0.1) is 11.3 Å². The fraction of sp³-hybridized carbons (Fsp3) is 0.500. The van der Waals surface area contributed by atoms with Crippen LogP contribution in [0, 0.1) is 0 Å². The molecule has 4 rings (SSSR count). The van der Waals surface area contributed by atoms with Gasteiger partial charge < -0.3 is 10.2 Å². The summed E-state index contributed by atoms with van der Waals surface area (Å²) in [7, 11) is 2.19. The van der Waals surface area contributed by atoms with Gasteiger partial charge in [0.2, 0.25) is 0 Å². The maximum Gasteiger partial charge on any atom is 0.261 e. The van der Waals surface area contributed by atoms with Gasteiger partial charge in [0.05, 0.1) is 4.88 Å². The molecule has 5 heteroatoms. The molecule has 2 aliphatic rings. The number of thiophene rings is 1. The summed E-state index contributed by atoms with van der Waals surface area (Å²) in [6.45, 7) is 5.93. The summed E-state index contributed by atoms with van der Waals surface area (Å²) >= 11 is 1.66. The van der Waals surface area contributed by atoms with Crippen LogP contribution in [0.3, 0.4) is 0 Å². The van der Waals surface area contributed by atoms with Gasteiger partial charge in [0, 0.05) is 43.3 Å². The van der Waals surface area contributed by atoms with E-state index in [1.165, 1.54) is 47.4 Å². The van der Waals surface area contributed by atoms with E-state index in [1.807, 2.05) is 13.0 Å². The van der Waals surface area contributed by atoms with Crippen LogP contribution in [0.1, 0.15) is 57.9 Å². The third-order valence-electron chi connectivity index (χ3n) is 5.76. The Morgan fingerprint density at radius 3 is 2.96 bits per heavy atom. The summed E-state index contributed by atoms with van der Waals surface area (Å²) in [5, 5.41) is 2.90. The molecular weight excluding hydrogens is 354 g/mol. The van der Waals surface area contributed by atoms with Crippen molar-refractivity contribution in [3.63, 3.8) is 0 Å². The highest BCUT2D eigenvalue weighted by Gasteiger charge is 2.28. The number of hydrogen-bond donors (Lipinski definition) is 1. The molecule has 0 radical (unpaired) electrons. The first-order valence-corrected chi connectivity index (χ1v) is 10.9. The average Bonchev–Trinajstić information content (AvgIpc) is 3.31. The Hall–Kier alpha value is -1.85. The van der Waals surface area contributed by atoms with Crippen LogP contribution in [-0.2, 0) is 13.0 Å². The Morgan fingerprint density at radius 2 is 2.11 bits per heavy atom. The van der Waals surface area contributed by atoms with E-state index in [0.717, 1.165) is 24.5 Å². The number of fused-ring (bicyclic) bond motifs is 1. The number of nitrogens with one attached hydrogen (secondary N) is 1. The summed E-state index contributed by atoms with van der Waals surface area (Å²) in [6.07, 6.45) is 4.85. The van der Waals surface area contributed by atoms with Gasteiger partial charge in [0.1, 0.15) is 0 Å². The fourth-order valence-electron chi connectivity index (χ4n) is 4.41. The minimum Gasteiger partial charge on any atom is -0.374 e. The first-order valence-electron chi connectivity index (χ1n) is 10.1. The number of hydrogen-bond acceptors (Lipinski definition) is 4. The number of aryl methyl sites for hydroxylation is 1. The third kappa shape index (κ3) is 3.90. The van der Waals surface area contributed by atoms with Crippen LogP contribution in [-0.4, -0.2) is 37.5 Å². The molecule has 1 unspecified atom stereocenters. The smallest absolute Gasteiger partial charge is 0.261 e. The van der Waals surface area contributed by atoms with Gasteiger partial charge in [0.25, 0.3) is 5.91 Å². The largest absolute Gasteiger partial charge is 0.374 e. The van der Waals surface area contributed by atoms with E-state index >= 15 is 0 Å². The maximum atomic E-state index is 12.1. The molecule has 1 aromatic carbocycles. The van der Waals surface area contributed by atoms with Crippen molar-refractivity contribution in [2.45, 2.75) is 45.2 Å². The predicted octanol–water partition coefficient (Wildman–Crippen LogP) is 4.22. The molecule has 3 heterocycles. The quantitative estimate of drug-likeness (QED) is 0.840. The van der Waals surface area contributed by atoms with Gasteiger partial charge in [0.15, 0.2) is 0 Å². The summed E-state index contributed by atoms with van der Waals surface area (Å²) in [5.41, 5.74) is 4.30. The molecule has 2 aromatic rings. The van der Waals surface area contributed by atoms with Gasteiger partial charge in [-0.05, 0) is 68.5 Å². The lowest BCUT2D eigenvalue weighted by atomic mass is 9.99. The molecular formula is C22H29N3OS. The van der Waals surface area contributed by atoms with Crippen LogP contribution in [0.2, 0.25) is 0 Å². The van der Waals surface area contributed by atoms with Crippen LogP contribution in [0.5, 0.6) is 0 Å². The Kier molecular flexibility index (Phi) is 5.50. The molecule has 0 spiro atoms. The van der Waals surface area contributed by atoms with Crippen molar-refractivity contribution in [1.82, 2.24) is 10.2 Å². The van der Waals surface area contributed by atoms with E-state index in [9.17, 15) is 4.79 Å². The normalized spacial score (nSPS) is 19.9. The molecule has 4 nitrogen and oxygen atoms in total. The Balaban J connectivity index is 1.48. The van der Waals surface area contributed by atoms with Crippen molar-refractivity contribution >= 4 is 22.9 Å². The maximum absolute atomic E-state index is 12.1. The standard InChI is InChI=1S/C22H29N3OS/c1-3-23-22(26)21-11-10-20(27-21)19-7-5-13-25(19)15-16-8-9-18-17(14-16)6-4-12-24(18)2/h8-11,14,19H,3-7,12-13,15H2,1-2H3,(H,23,26). The van der Waals surface area contributed by atoms with Gasteiger partial charge in [-0.1, -0.05) is 12.1 Å². The minimum atomic E-state index is 0.0529. The van der Waals surface area contributed by atoms with Crippen molar-refractivity contribution in [3.05, 3.63) is 51.2 Å². The second-order valence-electron chi connectivity index (χ2n) is 7.68. The van der Waals surface area contributed by atoms with Crippen molar-refractivity contribution in [1.29, 1.82) is 0 Å². The van der Waals surface area contributed by atoms with Crippen molar-refractivity contribution in [3.8, 4) is 0 Å². The van der Waals surface area contributed by atoms with E-state index in [1.54, 1.807) is 11.3 Å². The molecule has 1 aromatic heterocycles. The van der Waals surface area contributed by atoms with Crippen LogP contribution < -0.4 is 10.2 Å². The number of anilines is 1. The third-order valence-corrected chi connectivity index (χ3v) is 6.95. The summed E-state index contributed by atoms with van der Waals surface area (Å²) in [5.74, 6) is 0.0529. The zero-order chi connectivity index (χ0) is 18.8. The Morgan fingerprint density at radius 1 is 1.22 bits per heavy atom. The monoisotopic (exact) mass is 383 g/mol. The van der Waals surface area contributed by atoms with Crippen LogP contribution in [0.25, 0.3) is 0 Å². The lowest BCUT2D eigenvalue weighted by Crippen LogP contribution is -2.25. The van der Waals surface area contributed by atoms with Crippen molar-refractivity contribution in [2.24, 2.45) is 0 Å². The summed E-state index contributed by atoms with van der Waals surface area (Å²) < 4.78 is 0. The second kappa shape index (κ2) is 8.03. The number of carbonyl (C=O) groups is 1. The number of nitrogens with zero attached hydrogens (tertiary/aromatic N) is 2. The number of amides is 1. The highest BCUT2D eigenvalue weighted by molar-refractivity contribution is 7.14. The molecule has 0 saturated carbocycles. The van der Waals surface area contributed by atoms with Crippen LogP contribution >= 0.6 is 11.3 Å². The molecule has 144 valence electrons. The summed E-state index contributed by atoms with van der Waals surface area (Å²) in [4.78, 5) is 19.2. The first kappa shape index (κ1) is 18.5. The number of rotatable bonds is 5. The molecule has 1 amide bonds. The molecule has 1 fully saturated rings. The molecule has 27 heavy (non-hydrogen) atoms. The van der Waals surface area contributed by atoms with E-state index in [-0.39, 0.29) is 5.91 Å². The molecule has 1 N–H and O–H groups in total. The average molecular weight is 384 g/mol. The van der Waals surface area contributed by atoms with Crippen molar-refractivity contribution < 1.29 is 4.79 Å². The molecule has 2 aliphatic heterocycles. The van der Waals surface area contributed by atoms with Crippen LogP contribution in [0.15, 0.2) is 30.3 Å². The molecule has 1 saturated heterocycles. The topological polar surface area (TPSA) is 35.6 Å². The minimum absolute atomic E-state index is 0.0529. The number of carbonyl (C=O) groups excluding carboxylic acids is 1. The number of benzene rings is 1. The number of likely N-dealkylation sites (tertiary alicyclic amines) is 1. The van der Waals surface area contributed by atoms with Gasteiger partial charge >= 0.3 is 0 Å². The first-order chi connectivity index (χ1) is 13.2. The van der Waals surface area contributed by atoms with Crippen molar-refractivity contribution in [2.75, 3.05) is 31.6 Å². The van der Waals surface area contributed by atoms with Gasteiger partial charge in [-0.2, -0.15) is 0 Å². The van der Waals surface area contributed by atoms with Crippen LogP contribution in [0.4, 0.5) is 5.69 Å². The summed E-state index contributed by atoms with van der Waals surface area (Å²) in [6, 6.07) is 11.6. The van der Waals surface area contributed by atoms with E-state index < -0.39 is 0 Å². The molecule has 1 atom stereocenters. The Bertz CT molecular complexity index is 816. The SMILES string of the molecule is CCNC(=O)c1ccc(C2CCCN2Cc2ccc3c(c2)CCCN3C)s1. The van der Waals surface area contributed by atoms with E-state index in [0.29, 0.717) is 12.6 Å². The highest BCUT2D eigenvalue weighted by Crippen LogP contribution is 2.37. The molecule has 0 bridgehead atoms. The van der Waals surface area contributed by atoms with E-state index in [4.69, 9.17) is 0 Å². The second-order valence-corrected chi connectivity index (χ2v) is 8.79. The van der Waals surface area contributed by atoms with Gasteiger partial charge in [-0.25, -0.2) is 0 Å². The fourth-order valence-corrected chi connectivity index (χ4v) is 5.50. The predicted molar refractivity (Wildman–Crippen MR) is 113 cm³/mol. The lowest BCUT2D eigenvalue weighted by Gasteiger charge is -2.29. The zero-order valence-corrected chi connectivity index (χ0v) is 17.1. The highest BCUT2D eigenvalue weighted by atomic mass is 32.1.